The molecule has 2 aromatic carbocycles. The van der Waals surface area contributed by atoms with E-state index in [9.17, 15) is 13.2 Å². The highest BCUT2D eigenvalue weighted by Crippen LogP contribution is 2.37. The van der Waals surface area contributed by atoms with E-state index < -0.39 is 10.0 Å². The van der Waals surface area contributed by atoms with E-state index in [1.54, 1.807) is 36.7 Å². The van der Waals surface area contributed by atoms with E-state index >= 15 is 0 Å². The summed E-state index contributed by atoms with van der Waals surface area (Å²) in [4.78, 5) is 15.5. The van der Waals surface area contributed by atoms with Crippen molar-refractivity contribution in [3.8, 4) is 11.5 Å². The van der Waals surface area contributed by atoms with Gasteiger partial charge in [-0.15, -0.1) is 0 Å². The van der Waals surface area contributed by atoms with E-state index in [1.807, 2.05) is 23.1 Å². The monoisotopic (exact) mass is 472 g/mol. The number of hydrogen-bond acceptors (Lipinski definition) is 5. The minimum atomic E-state index is -3.62. The Labute approximate surface area is 196 Å². The lowest BCUT2D eigenvalue weighted by atomic mass is 10.0. The van der Waals surface area contributed by atoms with Gasteiger partial charge in [-0.1, -0.05) is 25.0 Å². The first-order valence-corrected chi connectivity index (χ1v) is 13.0. The van der Waals surface area contributed by atoms with Crippen LogP contribution in [0.3, 0.4) is 0 Å². The Balaban J connectivity index is 1.59. The van der Waals surface area contributed by atoms with Crippen LogP contribution in [-0.4, -0.2) is 57.4 Å². The first kappa shape index (κ1) is 23.6. The third-order valence-electron chi connectivity index (χ3n) is 6.59. The smallest absolute Gasteiger partial charge is 0.254 e. The van der Waals surface area contributed by atoms with Gasteiger partial charge in [0.25, 0.3) is 5.91 Å². The molecule has 0 radical (unpaired) electrons. The number of amides is 1. The number of sulfonamides is 1. The summed E-state index contributed by atoms with van der Waals surface area (Å²) >= 11 is 0. The molecular weight excluding hydrogens is 440 g/mol. The Morgan fingerprint density at radius 1 is 0.879 bits per heavy atom. The van der Waals surface area contributed by atoms with Crippen LogP contribution in [0, 0.1) is 0 Å². The maximum atomic E-state index is 13.5. The Kier molecular flexibility index (Phi) is 7.24. The van der Waals surface area contributed by atoms with E-state index in [2.05, 4.69) is 0 Å². The zero-order chi connectivity index (χ0) is 23.4. The molecule has 2 heterocycles. The largest absolute Gasteiger partial charge is 0.493 e. The summed E-state index contributed by atoms with van der Waals surface area (Å²) in [5, 5.41) is 0. The number of hydrogen-bond donors (Lipinski definition) is 0. The summed E-state index contributed by atoms with van der Waals surface area (Å²) in [5.74, 6) is 1.11. The molecule has 0 aromatic heterocycles. The van der Waals surface area contributed by atoms with E-state index in [-0.39, 0.29) is 16.8 Å². The van der Waals surface area contributed by atoms with Gasteiger partial charge in [0, 0.05) is 25.2 Å². The fourth-order valence-electron chi connectivity index (χ4n) is 4.80. The zero-order valence-corrected chi connectivity index (χ0v) is 20.1. The SMILES string of the molecule is COc1ccc([C@H]2CCCN2C(=O)c2cccc(S(=O)(=O)N3CCCCCC3)c2)cc1OC. The van der Waals surface area contributed by atoms with Crippen LogP contribution >= 0.6 is 0 Å². The van der Waals surface area contributed by atoms with Crippen molar-refractivity contribution in [1.29, 1.82) is 0 Å². The van der Waals surface area contributed by atoms with Gasteiger partial charge in [-0.3, -0.25) is 4.79 Å². The molecule has 0 spiro atoms. The standard InChI is InChI=1S/C25H32N2O5S/c1-31-23-13-12-19(18-24(23)32-2)22-11-8-16-27(22)25(28)20-9-7-10-21(17-20)33(29,30)26-14-5-3-4-6-15-26/h7,9-10,12-13,17-18,22H,3-6,8,11,14-16H2,1-2H3/t22-/m1/s1. The molecule has 2 aromatic rings. The van der Waals surface area contributed by atoms with Crippen LogP contribution < -0.4 is 9.47 Å². The summed E-state index contributed by atoms with van der Waals surface area (Å²) in [7, 11) is -0.430. The second-order valence-electron chi connectivity index (χ2n) is 8.62. The molecule has 0 bridgehead atoms. The van der Waals surface area contributed by atoms with Crippen molar-refractivity contribution in [2.45, 2.75) is 49.5 Å². The topological polar surface area (TPSA) is 76.2 Å². The third kappa shape index (κ3) is 4.87. The molecule has 1 atom stereocenters. The van der Waals surface area contributed by atoms with Crippen molar-refractivity contribution >= 4 is 15.9 Å². The van der Waals surface area contributed by atoms with Gasteiger partial charge in [-0.05, 0) is 61.6 Å². The zero-order valence-electron chi connectivity index (χ0n) is 19.3. The van der Waals surface area contributed by atoms with Crippen LogP contribution in [0.25, 0.3) is 0 Å². The number of likely N-dealkylation sites (tertiary alicyclic amines) is 1. The molecule has 178 valence electrons. The molecule has 7 nitrogen and oxygen atoms in total. The summed E-state index contributed by atoms with van der Waals surface area (Å²) in [6, 6.07) is 12.1. The molecule has 0 aliphatic carbocycles. The van der Waals surface area contributed by atoms with Crippen molar-refractivity contribution in [1.82, 2.24) is 9.21 Å². The van der Waals surface area contributed by atoms with Crippen molar-refractivity contribution in [3.63, 3.8) is 0 Å². The second kappa shape index (κ2) is 10.1. The third-order valence-corrected chi connectivity index (χ3v) is 8.48. The molecular formula is C25H32N2O5S. The molecule has 0 unspecified atom stereocenters. The van der Waals surface area contributed by atoms with Crippen molar-refractivity contribution < 1.29 is 22.7 Å². The number of benzene rings is 2. The van der Waals surface area contributed by atoms with Crippen LogP contribution in [0.4, 0.5) is 0 Å². The molecule has 0 saturated carbocycles. The van der Waals surface area contributed by atoms with Crippen LogP contribution in [-0.2, 0) is 10.0 Å². The molecule has 4 rings (SSSR count). The number of methoxy groups -OCH3 is 2. The fourth-order valence-corrected chi connectivity index (χ4v) is 6.37. The lowest BCUT2D eigenvalue weighted by Crippen LogP contribution is -2.33. The highest BCUT2D eigenvalue weighted by atomic mass is 32.2. The number of carbonyl (C=O) groups is 1. The Morgan fingerprint density at radius 3 is 2.30 bits per heavy atom. The van der Waals surface area contributed by atoms with Crippen LogP contribution in [0.15, 0.2) is 47.4 Å². The summed E-state index contributed by atoms with van der Waals surface area (Å²) < 4.78 is 38.8. The van der Waals surface area contributed by atoms with E-state index in [0.29, 0.717) is 36.7 Å². The summed E-state index contributed by atoms with van der Waals surface area (Å²) in [5.41, 5.74) is 1.38. The van der Waals surface area contributed by atoms with Crippen LogP contribution in [0.1, 0.15) is 60.5 Å². The lowest BCUT2D eigenvalue weighted by Gasteiger charge is -2.26. The molecule has 2 aliphatic heterocycles. The highest BCUT2D eigenvalue weighted by Gasteiger charge is 2.32. The fraction of sp³-hybridized carbons (Fsp3) is 0.480. The average Bonchev–Trinajstić information content (AvgIpc) is 3.16. The van der Waals surface area contributed by atoms with E-state index in [0.717, 1.165) is 44.1 Å². The maximum absolute atomic E-state index is 13.5. The minimum absolute atomic E-state index is 0.0943. The van der Waals surface area contributed by atoms with Gasteiger partial charge in [0.2, 0.25) is 10.0 Å². The van der Waals surface area contributed by atoms with Gasteiger partial charge < -0.3 is 14.4 Å². The number of nitrogens with zero attached hydrogens (tertiary/aromatic N) is 2. The molecule has 2 saturated heterocycles. The highest BCUT2D eigenvalue weighted by molar-refractivity contribution is 7.89. The predicted molar refractivity (Wildman–Crippen MR) is 126 cm³/mol. The van der Waals surface area contributed by atoms with Gasteiger partial charge >= 0.3 is 0 Å². The molecule has 1 amide bonds. The van der Waals surface area contributed by atoms with Gasteiger partial charge in [0.15, 0.2) is 11.5 Å². The molecule has 33 heavy (non-hydrogen) atoms. The van der Waals surface area contributed by atoms with Gasteiger partial charge in [-0.2, -0.15) is 4.31 Å². The Morgan fingerprint density at radius 2 is 1.61 bits per heavy atom. The summed E-state index contributed by atoms with van der Waals surface area (Å²) in [6.45, 7) is 1.70. The van der Waals surface area contributed by atoms with Crippen LogP contribution in [0.2, 0.25) is 0 Å². The molecule has 8 heteroatoms. The van der Waals surface area contributed by atoms with Crippen LogP contribution in [0.5, 0.6) is 11.5 Å². The molecule has 2 fully saturated rings. The maximum Gasteiger partial charge on any atom is 0.254 e. The number of carbonyl (C=O) groups excluding carboxylic acids is 1. The number of ether oxygens (including phenoxy) is 2. The number of rotatable bonds is 6. The van der Waals surface area contributed by atoms with Gasteiger partial charge in [0.1, 0.15) is 0 Å². The Hall–Kier alpha value is -2.58. The van der Waals surface area contributed by atoms with Crippen molar-refractivity contribution in [2.24, 2.45) is 0 Å². The lowest BCUT2D eigenvalue weighted by molar-refractivity contribution is 0.0735. The van der Waals surface area contributed by atoms with Gasteiger partial charge in [-0.25, -0.2) is 8.42 Å². The summed E-state index contributed by atoms with van der Waals surface area (Å²) in [6.07, 6.45) is 5.58. The van der Waals surface area contributed by atoms with E-state index in [1.165, 1.54) is 6.07 Å². The van der Waals surface area contributed by atoms with Crippen molar-refractivity contribution in [3.05, 3.63) is 53.6 Å². The normalized spacial score (nSPS) is 19.8. The second-order valence-corrected chi connectivity index (χ2v) is 10.6. The van der Waals surface area contributed by atoms with Gasteiger partial charge in [0.05, 0.1) is 25.2 Å². The minimum Gasteiger partial charge on any atom is -0.493 e. The Bertz CT molecular complexity index is 1090. The first-order chi connectivity index (χ1) is 16.0. The van der Waals surface area contributed by atoms with Crippen molar-refractivity contribution in [2.75, 3.05) is 33.9 Å². The van der Waals surface area contributed by atoms with E-state index in [4.69, 9.17) is 9.47 Å². The predicted octanol–water partition coefficient (Wildman–Crippen LogP) is 4.25. The quantitative estimate of drug-likeness (QED) is 0.628. The molecule has 2 aliphatic rings. The molecule has 0 N–H and O–H groups in total. The average molecular weight is 473 g/mol. The first-order valence-electron chi connectivity index (χ1n) is 11.6.